The minimum atomic E-state index is -3.68. The summed E-state index contributed by atoms with van der Waals surface area (Å²) in [5.74, 6) is -0.708. The second-order valence-corrected chi connectivity index (χ2v) is 9.60. The maximum Gasteiger partial charge on any atom is 0.255 e. The monoisotopic (exact) mass is 556 g/mol. The third-order valence-electron chi connectivity index (χ3n) is 4.40. The van der Waals surface area contributed by atoms with Gasteiger partial charge in [0.1, 0.15) is 11.6 Å². The van der Waals surface area contributed by atoms with Crippen molar-refractivity contribution < 1.29 is 22.0 Å². The number of nitrogens with one attached hydrogen (secondary N) is 2. The van der Waals surface area contributed by atoms with Crippen molar-refractivity contribution >= 4 is 55.4 Å². The van der Waals surface area contributed by atoms with Gasteiger partial charge in [-0.15, -0.1) is 0 Å². The number of carbonyl (C=O) groups excluding carboxylic acids is 1. The molecule has 0 fully saturated rings. The van der Waals surface area contributed by atoms with Crippen molar-refractivity contribution in [2.75, 3.05) is 17.5 Å². The standard InChI is InChI=1S/C20H18FIN4O4S/c1-24-19(27)16-14-11-15(22)18(26-31(28,29)10-4-2-3-9-23)25-20(14)30-17(16)12-5-7-13(21)8-6-12/h5-8,11H,2-4,10H2,1H3,(H,24,27)(H,25,26). The molecular formula is C20H18FIN4O4S. The molecule has 0 unspecified atom stereocenters. The molecule has 0 radical (unpaired) electrons. The molecule has 0 aliphatic rings. The number of amides is 1. The van der Waals surface area contributed by atoms with E-state index in [0.29, 0.717) is 27.4 Å². The average Bonchev–Trinajstić information content (AvgIpc) is 3.09. The summed E-state index contributed by atoms with van der Waals surface area (Å²) in [5, 5.41) is 11.5. The molecule has 0 atom stereocenters. The minimum Gasteiger partial charge on any atom is -0.437 e. The van der Waals surface area contributed by atoms with Crippen molar-refractivity contribution in [3.63, 3.8) is 0 Å². The molecule has 2 aromatic heterocycles. The molecule has 162 valence electrons. The van der Waals surface area contributed by atoms with Crippen LogP contribution in [-0.2, 0) is 10.0 Å². The first-order chi connectivity index (χ1) is 14.8. The van der Waals surface area contributed by atoms with Gasteiger partial charge in [-0.05, 0) is 65.8 Å². The van der Waals surface area contributed by atoms with Crippen LogP contribution < -0.4 is 10.0 Å². The lowest BCUT2D eigenvalue weighted by Crippen LogP contribution is -2.19. The summed E-state index contributed by atoms with van der Waals surface area (Å²) >= 11 is 1.92. The highest BCUT2D eigenvalue weighted by Crippen LogP contribution is 2.35. The number of nitrogens with zero attached hydrogens (tertiary/aromatic N) is 2. The molecule has 0 aliphatic carbocycles. The van der Waals surface area contributed by atoms with Crippen LogP contribution in [0.3, 0.4) is 0 Å². The van der Waals surface area contributed by atoms with Crippen molar-refractivity contribution in [1.82, 2.24) is 10.3 Å². The van der Waals surface area contributed by atoms with Crippen LogP contribution in [0.2, 0.25) is 0 Å². The van der Waals surface area contributed by atoms with E-state index < -0.39 is 21.7 Å². The van der Waals surface area contributed by atoms with Crippen LogP contribution in [0.5, 0.6) is 0 Å². The lowest BCUT2D eigenvalue weighted by Gasteiger charge is -2.08. The van der Waals surface area contributed by atoms with Crippen LogP contribution in [0.25, 0.3) is 22.4 Å². The Hall–Kier alpha value is -2.72. The SMILES string of the molecule is CNC(=O)c1c(-c2ccc(F)cc2)oc2nc(NS(=O)(=O)CCCCC#N)c(I)cc12. The molecule has 2 heterocycles. The number of hydrogen-bond acceptors (Lipinski definition) is 6. The number of rotatable bonds is 8. The fourth-order valence-electron chi connectivity index (χ4n) is 2.92. The number of sulfonamides is 1. The summed E-state index contributed by atoms with van der Waals surface area (Å²) in [6.45, 7) is 0. The van der Waals surface area contributed by atoms with Gasteiger partial charge in [-0.25, -0.2) is 12.8 Å². The number of aromatic nitrogens is 1. The van der Waals surface area contributed by atoms with Gasteiger partial charge in [-0.2, -0.15) is 10.2 Å². The fraction of sp³-hybridized carbons (Fsp3) is 0.250. The highest BCUT2D eigenvalue weighted by Gasteiger charge is 2.24. The van der Waals surface area contributed by atoms with Gasteiger partial charge in [0.25, 0.3) is 5.91 Å². The van der Waals surface area contributed by atoms with Crippen molar-refractivity contribution in [2.45, 2.75) is 19.3 Å². The predicted octanol–water partition coefficient (Wildman–Crippen LogP) is 4.03. The number of unbranched alkanes of at least 4 members (excludes halogenated alkanes) is 2. The van der Waals surface area contributed by atoms with Crippen LogP contribution in [0.1, 0.15) is 29.6 Å². The van der Waals surface area contributed by atoms with E-state index in [2.05, 4.69) is 15.0 Å². The molecule has 1 aromatic carbocycles. The molecule has 3 rings (SSSR count). The lowest BCUT2D eigenvalue weighted by atomic mass is 10.1. The van der Waals surface area contributed by atoms with Gasteiger partial charge in [0, 0.05) is 19.0 Å². The van der Waals surface area contributed by atoms with Crippen LogP contribution in [0.15, 0.2) is 34.7 Å². The Morgan fingerprint density at radius 1 is 1.29 bits per heavy atom. The number of nitriles is 1. The fourth-order valence-corrected chi connectivity index (χ4v) is 4.81. The van der Waals surface area contributed by atoms with Crippen LogP contribution >= 0.6 is 22.6 Å². The van der Waals surface area contributed by atoms with E-state index in [1.807, 2.05) is 28.7 Å². The quantitative estimate of drug-likeness (QED) is 0.319. The van der Waals surface area contributed by atoms with Crippen molar-refractivity contribution in [2.24, 2.45) is 0 Å². The topological polar surface area (TPSA) is 125 Å². The molecule has 8 nitrogen and oxygen atoms in total. The molecule has 0 bridgehead atoms. The lowest BCUT2D eigenvalue weighted by molar-refractivity contribution is 0.0964. The molecule has 11 heteroatoms. The number of fused-ring (bicyclic) bond motifs is 1. The van der Waals surface area contributed by atoms with E-state index in [1.165, 1.54) is 31.3 Å². The van der Waals surface area contributed by atoms with E-state index in [0.717, 1.165) is 0 Å². The second-order valence-electron chi connectivity index (χ2n) is 6.60. The van der Waals surface area contributed by atoms with Crippen LogP contribution in [0, 0.1) is 20.7 Å². The van der Waals surface area contributed by atoms with Gasteiger partial charge >= 0.3 is 0 Å². The zero-order valence-corrected chi connectivity index (χ0v) is 19.4. The molecule has 3 aromatic rings. The molecule has 0 saturated carbocycles. The first-order valence-electron chi connectivity index (χ1n) is 9.24. The number of carbonyl (C=O) groups is 1. The second kappa shape index (κ2) is 9.61. The Morgan fingerprint density at radius 2 is 2.00 bits per heavy atom. The Labute approximate surface area is 192 Å². The number of anilines is 1. The number of furan rings is 1. The Balaban J connectivity index is 2.02. The normalized spacial score (nSPS) is 11.3. The Kier molecular flexibility index (Phi) is 7.11. The first-order valence-corrected chi connectivity index (χ1v) is 12.0. The molecule has 2 N–H and O–H groups in total. The smallest absolute Gasteiger partial charge is 0.255 e. The van der Waals surface area contributed by atoms with Gasteiger partial charge in [-0.3, -0.25) is 9.52 Å². The van der Waals surface area contributed by atoms with E-state index in [-0.39, 0.29) is 35.0 Å². The third-order valence-corrected chi connectivity index (χ3v) is 6.55. The Morgan fingerprint density at radius 3 is 2.65 bits per heavy atom. The van der Waals surface area contributed by atoms with Crippen molar-refractivity contribution in [3.05, 3.63) is 45.3 Å². The van der Waals surface area contributed by atoms with Crippen molar-refractivity contribution in [1.29, 1.82) is 5.26 Å². The first kappa shape index (κ1) is 23.0. The van der Waals surface area contributed by atoms with Crippen LogP contribution in [0.4, 0.5) is 10.2 Å². The summed E-state index contributed by atoms with van der Waals surface area (Å²) < 4.78 is 46.8. The third kappa shape index (κ3) is 5.31. The molecule has 31 heavy (non-hydrogen) atoms. The van der Waals surface area contributed by atoms with Gasteiger partial charge < -0.3 is 9.73 Å². The summed E-state index contributed by atoms with van der Waals surface area (Å²) in [5.41, 5.74) is 0.772. The number of hydrogen-bond donors (Lipinski definition) is 2. The number of halogens is 2. The highest BCUT2D eigenvalue weighted by atomic mass is 127. The predicted molar refractivity (Wildman–Crippen MR) is 122 cm³/mol. The van der Waals surface area contributed by atoms with E-state index >= 15 is 0 Å². The zero-order valence-electron chi connectivity index (χ0n) is 16.4. The van der Waals surface area contributed by atoms with Gasteiger partial charge in [0.05, 0.1) is 26.3 Å². The molecule has 0 spiro atoms. The zero-order chi connectivity index (χ0) is 22.6. The van der Waals surface area contributed by atoms with Gasteiger partial charge in [-0.1, -0.05) is 0 Å². The maximum absolute atomic E-state index is 13.3. The number of pyridine rings is 1. The molecule has 1 amide bonds. The largest absolute Gasteiger partial charge is 0.437 e. The highest BCUT2D eigenvalue weighted by molar-refractivity contribution is 14.1. The summed E-state index contributed by atoms with van der Waals surface area (Å²) in [6.07, 6.45) is 1.12. The molecule has 0 saturated heterocycles. The van der Waals surface area contributed by atoms with E-state index in [1.54, 1.807) is 6.07 Å². The van der Waals surface area contributed by atoms with E-state index in [9.17, 15) is 17.6 Å². The summed E-state index contributed by atoms with van der Waals surface area (Å²) in [6, 6.07) is 9.05. The number of benzene rings is 1. The van der Waals surface area contributed by atoms with Gasteiger partial charge in [0.15, 0.2) is 5.82 Å². The summed E-state index contributed by atoms with van der Waals surface area (Å²) in [4.78, 5) is 16.8. The maximum atomic E-state index is 13.3. The molecular weight excluding hydrogens is 538 g/mol. The van der Waals surface area contributed by atoms with E-state index in [4.69, 9.17) is 9.68 Å². The van der Waals surface area contributed by atoms with Gasteiger partial charge in [0.2, 0.25) is 15.7 Å². The van der Waals surface area contributed by atoms with Crippen LogP contribution in [-0.4, -0.2) is 32.1 Å². The molecule has 0 aliphatic heterocycles. The summed E-state index contributed by atoms with van der Waals surface area (Å²) in [7, 11) is -2.20. The minimum absolute atomic E-state index is 0.0699. The van der Waals surface area contributed by atoms with Crippen molar-refractivity contribution in [3.8, 4) is 17.4 Å². The average molecular weight is 556 g/mol. The Bertz CT molecular complexity index is 1270.